The Balaban J connectivity index is 1.96. The lowest BCUT2D eigenvalue weighted by atomic mass is 9.95. The number of hydrogen-bond donors (Lipinski definition) is 1. The van der Waals surface area contributed by atoms with E-state index in [1.54, 1.807) is 60.1 Å². The molecule has 1 N–H and O–H groups in total. The maximum atomic E-state index is 12.9. The molecule has 0 unspecified atom stereocenters. The topological polar surface area (TPSA) is 70.5 Å². The largest absolute Gasteiger partial charge is 0.507 e. The van der Waals surface area contributed by atoms with Crippen molar-refractivity contribution >= 4 is 57.1 Å². The molecule has 8 heteroatoms. The summed E-state index contributed by atoms with van der Waals surface area (Å²) in [6.07, 6.45) is 1.54. The predicted octanol–water partition coefficient (Wildman–Crippen LogP) is 5.08. The minimum Gasteiger partial charge on any atom is -0.507 e. The highest BCUT2D eigenvalue weighted by molar-refractivity contribution is 7.14. The highest BCUT2D eigenvalue weighted by Crippen LogP contribution is 2.44. The van der Waals surface area contributed by atoms with Gasteiger partial charge < -0.3 is 5.11 Å². The molecule has 0 bridgehead atoms. The van der Waals surface area contributed by atoms with Crippen LogP contribution < -0.4 is 4.90 Å². The third-order valence-electron chi connectivity index (χ3n) is 4.39. The third kappa shape index (κ3) is 3.09. The highest BCUT2D eigenvalue weighted by atomic mass is 35.5. The Morgan fingerprint density at radius 2 is 1.79 bits per heavy atom. The lowest BCUT2D eigenvalue weighted by Gasteiger charge is -2.23. The molecule has 0 spiro atoms. The van der Waals surface area contributed by atoms with Gasteiger partial charge in [-0.3, -0.25) is 14.5 Å². The van der Waals surface area contributed by atoms with Gasteiger partial charge in [0.05, 0.1) is 11.6 Å². The van der Waals surface area contributed by atoms with Crippen molar-refractivity contribution in [3.63, 3.8) is 0 Å². The molecule has 2 aromatic carbocycles. The Kier molecular flexibility index (Phi) is 4.93. The molecule has 3 aromatic rings. The van der Waals surface area contributed by atoms with Crippen LogP contribution in [-0.4, -0.2) is 21.8 Å². The van der Waals surface area contributed by atoms with Crippen molar-refractivity contribution in [3.05, 3.63) is 86.9 Å². The van der Waals surface area contributed by atoms with Crippen molar-refractivity contribution in [3.8, 4) is 0 Å². The zero-order chi connectivity index (χ0) is 19.8. The van der Waals surface area contributed by atoms with Crippen molar-refractivity contribution in [2.75, 3.05) is 4.90 Å². The molecule has 0 radical (unpaired) electrons. The average molecular weight is 431 g/mol. The van der Waals surface area contributed by atoms with E-state index in [4.69, 9.17) is 23.2 Å². The maximum Gasteiger partial charge on any atom is 0.301 e. The van der Waals surface area contributed by atoms with Crippen LogP contribution in [0.2, 0.25) is 10.0 Å². The fourth-order valence-electron chi connectivity index (χ4n) is 3.12. The van der Waals surface area contributed by atoms with Crippen molar-refractivity contribution in [2.24, 2.45) is 0 Å². The Labute approximate surface area is 174 Å². The Bertz CT molecular complexity index is 1090. The molecule has 1 amide bonds. The monoisotopic (exact) mass is 430 g/mol. The van der Waals surface area contributed by atoms with Crippen LogP contribution in [-0.2, 0) is 9.59 Å². The van der Waals surface area contributed by atoms with Gasteiger partial charge in [0.25, 0.3) is 5.78 Å². The molecule has 1 saturated heterocycles. The van der Waals surface area contributed by atoms with E-state index < -0.39 is 17.7 Å². The summed E-state index contributed by atoms with van der Waals surface area (Å²) >= 11 is 13.5. The summed E-state index contributed by atoms with van der Waals surface area (Å²) in [5, 5.41) is 13.8. The molecule has 1 atom stereocenters. The quantitative estimate of drug-likeness (QED) is 0.357. The highest BCUT2D eigenvalue weighted by Gasteiger charge is 2.48. The normalized spacial score (nSPS) is 18.6. The molecule has 2 heterocycles. The van der Waals surface area contributed by atoms with E-state index in [9.17, 15) is 14.7 Å². The number of aliphatic hydroxyl groups excluding tert-OH is 1. The van der Waals surface area contributed by atoms with Gasteiger partial charge in [0.2, 0.25) is 0 Å². The van der Waals surface area contributed by atoms with Gasteiger partial charge in [0, 0.05) is 27.2 Å². The van der Waals surface area contributed by atoms with Crippen LogP contribution >= 0.6 is 34.5 Å². The lowest BCUT2D eigenvalue weighted by molar-refractivity contribution is -0.132. The summed E-state index contributed by atoms with van der Waals surface area (Å²) in [6.45, 7) is 0. The van der Waals surface area contributed by atoms with Crippen LogP contribution in [0.3, 0.4) is 0 Å². The van der Waals surface area contributed by atoms with Gasteiger partial charge in [-0.15, -0.1) is 11.3 Å². The number of nitrogens with zero attached hydrogens (tertiary/aromatic N) is 2. The van der Waals surface area contributed by atoms with E-state index in [1.807, 2.05) is 0 Å². The number of anilines is 1. The Morgan fingerprint density at radius 1 is 1.07 bits per heavy atom. The van der Waals surface area contributed by atoms with Crippen LogP contribution in [0.15, 0.2) is 65.7 Å². The van der Waals surface area contributed by atoms with Crippen molar-refractivity contribution < 1.29 is 14.7 Å². The van der Waals surface area contributed by atoms with Gasteiger partial charge >= 0.3 is 5.91 Å². The predicted molar refractivity (Wildman–Crippen MR) is 110 cm³/mol. The van der Waals surface area contributed by atoms with Gasteiger partial charge in [-0.05, 0) is 35.9 Å². The molecule has 1 aliphatic heterocycles. The second-order valence-electron chi connectivity index (χ2n) is 6.01. The van der Waals surface area contributed by atoms with Crippen LogP contribution in [0, 0.1) is 0 Å². The molecule has 0 saturated carbocycles. The van der Waals surface area contributed by atoms with Crippen molar-refractivity contribution in [2.45, 2.75) is 6.04 Å². The number of thiazole rings is 1. The molecule has 1 fully saturated rings. The molecule has 140 valence electrons. The molecule has 1 aliphatic rings. The molecule has 4 rings (SSSR count). The minimum atomic E-state index is -0.893. The smallest absolute Gasteiger partial charge is 0.301 e. The summed E-state index contributed by atoms with van der Waals surface area (Å²) in [7, 11) is 0. The lowest BCUT2D eigenvalue weighted by Crippen LogP contribution is -2.29. The number of ketones is 1. The van der Waals surface area contributed by atoms with E-state index in [0.29, 0.717) is 26.3 Å². The number of aromatic nitrogens is 1. The van der Waals surface area contributed by atoms with Gasteiger partial charge in [0.15, 0.2) is 5.13 Å². The summed E-state index contributed by atoms with van der Waals surface area (Å²) in [5.41, 5.74) is 0.850. The Hall–Kier alpha value is -2.67. The first-order valence-corrected chi connectivity index (χ1v) is 9.83. The van der Waals surface area contributed by atoms with Crippen molar-refractivity contribution in [1.82, 2.24) is 4.98 Å². The zero-order valence-corrected chi connectivity index (χ0v) is 16.5. The van der Waals surface area contributed by atoms with Gasteiger partial charge in [-0.25, -0.2) is 4.98 Å². The van der Waals surface area contributed by atoms with E-state index in [0.717, 1.165) is 0 Å². The SMILES string of the molecule is O=C1C(=O)N(c2nccs2)[C@H](c2ccccc2Cl)C1=C(O)c1ccc(Cl)cc1. The summed E-state index contributed by atoms with van der Waals surface area (Å²) in [5.74, 6) is -1.86. The maximum absolute atomic E-state index is 12.9. The number of amides is 1. The number of hydrogen-bond acceptors (Lipinski definition) is 5. The number of aliphatic hydroxyl groups is 1. The fraction of sp³-hybridized carbons (Fsp3) is 0.0500. The molecule has 1 aromatic heterocycles. The van der Waals surface area contributed by atoms with Crippen LogP contribution in [0.25, 0.3) is 5.76 Å². The second kappa shape index (κ2) is 7.39. The molecular formula is C20H12Cl2N2O3S. The number of halogens is 2. The minimum absolute atomic E-state index is 0.0457. The van der Waals surface area contributed by atoms with Gasteiger partial charge in [-0.2, -0.15) is 0 Å². The van der Waals surface area contributed by atoms with Crippen LogP contribution in [0.5, 0.6) is 0 Å². The van der Waals surface area contributed by atoms with Crippen molar-refractivity contribution in [1.29, 1.82) is 0 Å². The second-order valence-corrected chi connectivity index (χ2v) is 7.73. The standard InChI is InChI=1S/C20H12Cl2N2O3S/c21-12-7-5-11(6-8-12)17(25)15-16(13-3-1-2-4-14(13)22)24(19(27)18(15)26)20-23-9-10-28-20/h1-10,16,25H/t16-/m1/s1. The zero-order valence-electron chi connectivity index (χ0n) is 14.2. The number of benzene rings is 2. The average Bonchev–Trinajstić information content (AvgIpc) is 3.30. The molecule has 28 heavy (non-hydrogen) atoms. The van der Waals surface area contributed by atoms with E-state index in [2.05, 4.69) is 4.98 Å². The van der Waals surface area contributed by atoms with E-state index in [1.165, 1.54) is 16.2 Å². The van der Waals surface area contributed by atoms with E-state index >= 15 is 0 Å². The number of rotatable bonds is 3. The first kappa shape index (κ1) is 18.7. The van der Waals surface area contributed by atoms with Gasteiger partial charge in [-0.1, -0.05) is 41.4 Å². The molecule has 0 aliphatic carbocycles. The van der Waals surface area contributed by atoms with Crippen LogP contribution in [0.1, 0.15) is 17.2 Å². The number of carbonyl (C=O) groups is 2. The van der Waals surface area contributed by atoms with E-state index in [-0.39, 0.29) is 11.3 Å². The van der Waals surface area contributed by atoms with Crippen LogP contribution in [0.4, 0.5) is 5.13 Å². The first-order chi connectivity index (χ1) is 13.5. The summed E-state index contributed by atoms with van der Waals surface area (Å²) < 4.78 is 0. The summed E-state index contributed by atoms with van der Waals surface area (Å²) in [4.78, 5) is 31.2. The molecule has 5 nitrogen and oxygen atoms in total. The fourth-order valence-corrected chi connectivity index (χ4v) is 4.15. The number of carbonyl (C=O) groups excluding carboxylic acids is 2. The first-order valence-electron chi connectivity index (χ1n) is 8.20. The Morgan fingerprint density at radius 3 is 2.43 bits per heavy atom. The van der Waals surface area contributed by atoms with Gasteiger partial charge in [0.1, 0.15) is 5.76 Å². The number of Topliss-reactive ketones (excluding diaryl/α,β-unsaturated/α-hetero) is 1. The summed E-state index contributed by atoms with van der Waals surface area (Å²) in [6, 6.07) is 12.4. The molecular weight excluding hydrogens is 419 g/mol. The third-order valence-corrected chi connectivity index (χ3v) is 5.75.